The zero-order chi connectivity index (χ0) is 22.4. The highest BCUT2D eigenvalue weighted by Gasteiger charge is 2.23. The summed E-state index contributed by atoms with van der Waals surface area (Å²) in [6.07, 6.45) is 3.32. The zero-order valence-corrected chi connectivity index (χ0v) is 21.9. The summed E-state index contributed by atoms with van der Waals surface area (Å²) < 4.78 is 23.5. The van der Waals surface area contributed by atoms with Gasteiger partial charge in [0, 0.05) is 45.0 Å². The molecule has 1 aliphatic heterocycles. The standard InChI is InChI=1S/C23H30N4O3S.HI/c1-17-15-18(10-11-21(17)31(3,29)30)16-26-23(24-2)25-13-6-9-22(28)27-14-12-19-7-4-5-8-20(19)27;/h4-5,7-8,10-11,15H,6,9,12-14,16H2,1-3H3,(H2,24,25,26);1H. The van der Waals surface area contributed by atoms with Crippen LogP contribution < -0.4 is 15.5 Å². The number of halogens is 1. The Labute approximate surface area is 207 Å². The second kappa shape index (κ2) is 11.6. The van der Waals surface area contributed by atoms with Crippen LogP contribution in [0.3, 0.4) is 0 Å². The molecule has 0 radical (unpaired) electrons. The maximum Gasteiger partial charge on any atom is 0.227 e. The van der Waals surface area contributed by atoms with Crippen LogP contribution in [0.25, 0.3) is 0 Å². The number of hydrogen-bond acceptors (Lipinski definition) is 4. The van der Waals surface area contributed by atoms with Crippen LogP contribution in [0.4, 0.5) is 5.69 Å². The third-order valence-electron chi connectivity index (χ3n) is 5.37. The van der Waals surface area contributed by atoms with Gasteiger partial charge in [0.2, 0.25) is 5.91 Å². The number of rotatable bonds is 7. The Bertz CT molecular complexity index is 1090. The lowest BCUT2D eigenvalue weighted by molar-refractivity contribution is -0.118. The van der Waals surface area contributed by atoms with Crippen LogP contribution in [-0.2, 0) is 27.6 Å². The van der Waals surface area contributed by atoms with Crippen molar-refractivity contribution in [3.63, 3.8) is 0 Å². The Balaban J connectivity index is 0.00000363. The van der Waals surface area contributed by atoms with Gasteiger partial charge in [-0.1, -0.05) is 30.3 Å². The Kier molecular flexibility index (Phi) is 9.50. The van der Waals surface area contributed by atoms with Crippen LogP contribution in [0.1, 0.15) is 29.5 Å². The van der Waals surface area contributed by atoms with E-state index < -0.39 is 9.84 Å². The molecule has 0 saturated heterocycles. The number of benzene rings is 2. The molecule has 2 N–H and O–H groups in total. The number of amides is 1. The normalized spacial score (nSPS) is 13.3. The summed E-state index contributed by atoms with van der Waals surface area (Å²) in [4.78, 5) is 19.0. The van der Waals surface area contributed by atoms with Gasteiger partial charge in [0.25, 0.3) is 0 Å². The fourth-order valence-electron chi connectivity index (χ4n) is 3.82. The summed E-state index contributed by atoms with van der Waals surface area (Å²) in [5.41, 5.74) is 3.97. The third-order valence-corrected chi connectivity index (χ3v) is 6.63. The van der Waals surface area contributed by atoms with Crippen LogP contribution in [0.2, 0.25) is 0 Å². The molecular formula is C23H31IN4O3S. The summed E-state index contributed by atoms with van der Waals surface area (Å²) in [5, 5.41) is 6.45. The summed E-state index contributed by atoms with van der Waals surface area (Å²) in [6.45, 7) is 3.70. The molecule has 9 heteroatoms. The number of nitrogens with zero attached hydrogens (tertiary/aromatic N) is 2. The molecule has 0 aliphatic carbocycles. The number of sulfone groups is 1. The molecular weight excluding hydrogens is 539 g/mol. The summed E-state index contributed by atoms with van der Waals surface area (Å²) in [7, 11) is -1.52. The molecule has 32 heavy (non-hydrogen) atoms. The van der Waals surface area contributed by atoms with Crippen LogP contribution in [0, 0.1) is 6.92 Å². The van der Waals surface area contributed by atoms with Gasteiger partial charge < -0.3 is 15.5 Å². The first-order chi connectivity index (χ1) is 14.8. The average Bonchev–Trinajstić information content (AvgIpc) is 3.16. The van der Waals surface area contributed by atoms with Crippen molar-refractivity contribution in [2.24, 2.45) is 4.99 Å². The smallest absolute Gasteiger partial charge is 0.227 e. The quantitative estimate of drug-likeness (QED) is 0.231. The highest BCUT2D eigenvalue weighted by molar-refractivity contribution is 14.0. The van der Waals surface area contributed by atoms with Crippen LogP contribution in [0.15, 0.2) is 52.4 Å². The highest BCUT2D eigenvalue weighted by Crippen LogP contribution is 2.28. The predicted molar refractivity (Wildman–Crippen MR) is 140 cm³/mol. The predicted octanol–water partition coefficient (Wildman–Crippen LogP) is 3.05. The fourth-order valence-corrected chi connectivity index (χ4v) is 4.78. The SMILES string of the molecule is CN=C(NCCCC(=O)N1CCc2ccccc21)NCc1ccc(S(C)(=O)=O)c(C)c1.I. The highest BCUT2D eigenvalue weighted by atomic mass is 127. The number of anilines is 1. The van der Waals surface area contributed by atoms with Crippen molar-refractivity contribution in [3.8, 4) is 0 Å². The van der Waals surface area contributed by atoms with Gasteiger partial charge in [0.15, 0.2) is 15.8 Å². The second-order valence-electron chi connectivity index (χ2n) is 7.75. The molecule has 0 fully saturated rings. The molecule has 2 aromatic carbocycles. The molecule has 0 bridgehead atoms. The number of para-hydroxylation sites is 1. The van der Waals surface area contributed by atoms with E-state index in [9.17, 15) is 13.2 Å². The molecule has 0 unspecified atom stereocenters. The third kappa shape index (κ3) is 6.68. The summed E-state index contributed by atoms with van der Waals surface area (Å²) in [5.74, 6) is 0.792. The van der Waals surface area contributed by atoms with Crippen molar-refractivity contribution in [2.75, 3.05) is 31.3 Å². The van der Waals surface area contributed by atoms with Crippen molar-refractivity contribution < 1.29 is 13.2 Å². The van der Waals surface area contributed by atoms with E-state index in [1.165, 1.54) is 11.8 Å². The monoisotopic (exact) mass is 570 g/mol. The summed E-state index contributed by atoms with van der Waals surface area (Å²) in [6, 6.07) is 13.4. The van der Waals surface area contributed by atoms with E-state index >= 15 is 0 Å². The van der Waals surface area contributed by atoms with E-state index in [1.54, 1.807) is 26.1 Å². The largest absolute Gasteiger partial charge is 0.356 e. The van der Waals surface area contributed by atoms with Crippen molar-refractivity contribution in [3.05, 3.63) is 59.2 Å². The number of carbonyl (C=O) groups is 1. The van der Waals surface area contributed by atoms with E-state index in [-0.39, 0.29) is 29.9 Å². The number of aliphatic imine (C=N–C) groups is 1. The first-order valence-electron chi connectivity index (χ1n) is 10.4. The van der Waals surface area contributed by atoms with Crippen LogP contribution in [0.5, 0.6) is 0 Å². The molecule has 2 aromatic rings. The molecule has 0 atom stereocenters. The Morgan fingerprint density at radius 1 is 1.16 bits per heavy atom. The van der Waals surface area contributed by atoms with Crippen molar-refractivity contribution >= 4 is 51.4 Å². The number of aryl methyl sites for hydroxylation is 1. The zero-order valence-electron chi connectivity index (χ0n) is 18.7. The molecule has 1 amide bonds. The van der Waals surface area contributed by atoms with Gasteiger partial charge in [-0.3, -0.25) is 9.79 Å². The lowest BCUT2D eigenvalue weighted by Crippen LogP contribution is -2.38. The lowest BCUT2D eigenvalue weighted by Gasteiger charge is -2.17. The number of fused-ring (bicyclic) bond motifs is 1. The Morgan fingerprint density at radius 2 is 1.91 bits per heavy atom. The molecule has 0 spiro atoms. The molecule has 1 aliphatic rings. The first-order valence-corrected chi connectivity index (χ1v) is 12.3. The van der Waals surface area contributed by atoms with E-state index in [0.717, 1.165) is 29.8 Å². The number of hydrogen-bond donors (Lipinski definition) is 2. The van der Waals surface area contributed by atoms with E-state index in [1.807, 2.05) is 29.2 Å². The molecule has 1 heterocycles. The molecule has 7 nitrogen and oxygen atoms in total. The van der Waals surface area contributed by atoms with Crippen LogP contribution in [-0.4, -0.2) is 46.7 Å². The first kappa shape index (κ1) is 26.1. The van der Waals surface area contributed by atoms with Gasteiger partial charge in [-0.25, -0.2) is 8.42 Å². The van der Waals surface area contributed by atoms with Crippen LogP contribution >= 0.6 is 24.0 Å². The van der Waals surface area contributed by atoms with Crippen molar-refractivity contribution in [1.29, 1.82) is 0 Å². The molecule has 3 rings (SSSR count). The fraction of sp³-hybridized carbons (Fsp3) is 0.391. The van der Waals surface area contributed by atoms with E-state index in [2.05, 4.69) is 21.7 Å². The Hall–Kier alpha value is -2.14. The van der Waals surface area contributed by atoms with E-state index in [0.29, 0.717) is 36.8 Å². The topological polar surface area (TPSA) is 90.9 Å². The maximum atomic E-state index is 12.6. The van der Waals surface area contributed by atoms with Crippen molar-refractivity contribution in [1.82, 2.24) is 10.6 Å². The molecule has 174 valence electrons. The minimum atomic E-state index is -3.22. The van der Waals surface area contributed by atoms with Gasteiger partial charge in [-0.15, -0.1) is 24.0 Å². The van der Waals surface area contributed by atoms with Crippen molar-refractivity contribution in [2.45, 2.75) is 37.6 Å². The maximum absolute atomic E-state index is 12.6. The van der Waals surface area contributed by atoms with Gasteiger partial charge in [0.05, 0.1) is 4.90 Å². The van der Waals surface area contributed by atoms with Gasteiger partial charge in [-0.2, -0.15) is 0 Å². The minimum absolute atomic E-state index is 0. The number of guanidine groups is 1. The average molecular weight is 570 g/mol. The molecule has 0 saturated carbocycles. The number of nitrogens with one attached hydrogen (secondary N) is 2. The van der Waals surface area contributed by atoms with E-state index in [4.69, 9.17) is 0 Å². The van der Waals surface area contributed by atoms with Gasteiger partial charge in [-0.05, 0) is 48.6 Å². The second-order valence-corrected chi connectivity index (χ2v) is 9.74. The Morgan fingerprint density at radius 3 is 2.59 bits per heavy atom. The van der Waals surface area contributed by atoms with Gasteiger partial charge in [0.1, 0.15) is 0 Å². The summed E-state index contributed by atoms with van der Waals surface area (Å²) >= 11 is 0. The van der Waals surface area contributed by atoms with Gasteiger partial charge >= 0.3 is 0 Å². The minimum Gasteiger partial charge on any atom is -0.356 e. The molecule has 0 aromatic heterocycles. The number of carbonyl (C=O) groups excluding carboxylic acids is 1. The lowest BCUT2D eigenvalue weighted by atomic mass is 10.1.